The van der Waals surface area contributed by atoms with Crippen LogP contribution >= 0.6 is 11.3 Å². The van der Waals surface area contributed by atoms with Gasteiger partial charge in [0, 0.05) is 10.9 Å². The Balaban J connectivity index is 2.23. The van der Waals surface area contributed by atoms with Crippen LogP contribution in [-0.4, -0.2) is 13.0 Å². The van der Waals surface area contributed by atoms with Crippen LogP contribution in [0.4, 0.5) is 11.4 Å². The summed E-state index contributed by atoms with van der Waals surface area (Å²) in [5.74, 6) is 0.504. The fourth-order valence-electron chi connectivity index (χ4n) is 1.64. The Hall–Kier alpha value is -2.01. The van der Waals surface area contributed by atoms with E-state index in [0.29, 0.717) is 22.0 Å². The summed E-state index contributed by atoms with van der Waals surface area (Å²) >= 11 is 1.47. The average molecular weight is 276 g/mol. The molecule has 1 amide bonds. The summed E-state index contributed by atoms with van der Waals surface area (Å²) < 4.78 is 5.12. The summed E-state index contributed by atoms with van der Waals surface area (Å²) in [6.45, 7) is 3.99. The van der Waals surface area contributed by atoms with Crippen molar-refractivity contribution in [3.63, 3.8) is 0 Å². The van der Waals surface area contributed by atoms with Crippen molar-refractivity contribution in [2.45, 2.75) is 13.8 Å². The minimum atomic E-state index is -0.152. The first-order valence-corrected chi connectivity index (χ1v) is 6.65. The lowest BCUT2D eigenvalue weighted by molar-refractivity contribution is 0.103. The molecule has 1 aromatic carbocycles. The van der Waals surface area contributed by atoms with Gasteiger partial charge < -0.3 is 15.8 Å². The maximum absolute atomic E-state index is 12.1. The number of benzene rings is 1. The molecule has 100 valence electrons. The van der Waals surface area contributed by atoms with Gasteiger partial charge in [0.25, 0.3) is 5.91 Å². The van der Waals surface area contributed by atoms with Gasteiger partial charge in [-0.2, -0.15) is 0 Å². The SMILES string of the molecule is COc1ccc(N)c(NC(=O)c2cc(C)c(C)s2)c1. The van der Waals surface area contributed by atoms with Crippen LogP contribution in [0.2, 0.25) is 0 Å². The molecule has 0 atom stereocenters. The van der Waals surface area contributed by atoms with Crippen LogP contribution in [0.5, 0.6) is 5.75 Å². The first-order chi connectivity index (χ1) is 9.01. The van der Waals surface area contributed by atoms with Crippen LogP contribution < -0.4 is 15.8 Å². The van der Waals surface area contributed by atoms with E-state index in [1.165, 1.54) is 11.3 Å². The number of carbonyl (C=O) groups excluding carboxylic acids is 1. The number of hydrogen-bond acceptors (Lipinski definition) is 4. The van der Waals surface area contributed by atoms with Gasteiger partial charge in [0.1, 0.15) is 5.75 Å². The van der Waals surface area contributed by atoms with Gasteiger partial charge in [-0.25, -0.2) is 0 Å². The summed E-state index contributed by atoms with van der Waals surface area (Å²) in [7, 11) is 1.57. The first-order valence-electron chi connectivity index (χ1n) is 5.83. The minimum Gasteiger partial charge on any atom is -0.497 e. The van der Waals surface area contributed by atoms with E-state index < -0.39 is 0 Å². The number of hydrogen-bond donors (Lipinski definition) is 2. The summed E-state index contributed by atoms with van der Waals surface area (Å²) in [5.41, 5.74) is 8.03. The van der Waals surface area contributed by atoms with E-state index in [1.807, 2.05) is 19.9 Å². The van der Waals surface area contributed by atoms with E-state index in [1.54, 1.807) is 25.3 Å². The number of nitrogen functional groups attached to an aromatic ring is 1. The zero-order chi connectivity index (χ0) is 14.0. The summed E-state index contributed by atoms with van der Waals surface area (Å²) in [5, 5.41) is 2.81. The molecule has 0 aliphatic heterocycles. The Labute approximate surface area is 116 Å². The van der Waals surface area contributed by atoms with E-state index in [-0.39, 0.29) is 5.91 Å². The van der Waals surface area contributed by atoms with Crippen molar-refractivity contribution in [1.29, 1.82) is 0 Å². The van der Waals surface area contributed by atoms with Crippen molar-refractivity contribution >= 4 is 28.6 Å². The lowest BCUT2D eigenvalue weighted by Crippen LogP contribution is -2.11. The van der Waals surface area contributed by atoms with Crippen molar-refractivity contribution in [3.05, 3.63) is 39.6 Å². The quantitative estimate of drug-likeness (QED) is 0.846. The molecule has 1 aromatic heterocycles. The topological polar surface area (TPSA) is 64.3 Å². The largest absolute Gasteiger partial charge is 0.497 e. The lowest BCUT2D eigenvalue weighted by Gasteiger charge is -2.09. The molecule has 0 unspecified atom stereocenters. The highest BCUT2D eigenvalue weighted by molar-refractivity contribution is 7.14. The predicted octanol–water partition coefficient (Wildman–Crippen LogP) is 3.21. The number of anilines is 2. The number of carbonyl (C=O) groups is 1. The standard InChI is InChI=1S/C14H16N2O2S/c1-8-6-13(19-9(8)2)14(17)16-12-7-10(18-3)4-5-11(12)15/h4-7H,15H2,1-3H3,(H,16,17). The predicted molar refractivity (Wildman–Crippen MR) is 79.2 cm³/mol. The van der Waals surface area contributed by atoms with Gasteiger partial charge in [0.05, 0.1) is 23.4 Å². The van der Waals surface area contributed by atoms with Crippen molar-refractivity contribution in [1.82, 2.24) is 0 Å². The van der Waals surface area contributed by atoms with Gasteiger partial charge in [-0.05, 0) is 37.6 Å². The number of nitrogens with two attached hydrogens (primary N) is 1. The van der Waals surface area contributed by atoms with Gasteiger partial charge in [-0.1, -0.05) is 0 Å². The Morgan fingerprint density at radius 1 is 1.32 bits per heavy atom. The third kappa shape index (κ3) is 2.88. The highest BCUT2D eigenvalue weighted by Crippen LogP contribution is 2.26. The number of ether oxygens (including phenoxy) is 1. The first kappa shape index (κ1) is 13.4. The normalized spacial score (nSPS) is 10.3. The number of nitrogens with one attached hydrogen (secondary N) is 1. The number of thiophene rings is 1. The highest BCUT2D eigenvalue weighted by Gasteiger charge is 2.12. The summed E-state index contributed by atoms with van der Waals surface area (Å²) in [6, 6.07) is 7.05. The van der Waals surface area contributed by atoms with Crippen LogP contribution in [-0.2, 0) is 0 Å². The molecule has 0 bridgehead atoms. The average Bonchev–Trinajstić information content (AvgIpc) is 2.72. The van der Waals surface area contributed by atoms with E-state index in [2.05, 4.69) is 5.32 Å². The number of rotatable bonds is 3. The second kappa shape index (κ2) is 5.32. The third-order valence-electron chi connectivity index (χ3n) is 2.90. The fourth-order valence-corrected chi connectivity index (χ4v) is 2.57. The van der Waals surface area contributed by atoms with Crippen LogP contribution in [0.1, 0.15) is 20.1 Å². The Morgan fingerprint density at radius 2 is 2.05 bits per heavy atom. The second-order valence-corrected chi connectivity index (χ2v) is 5.51. The molecular formula is C14H16N2O2S. The molecule has 0 saturated carbocycles. The molecule has 0 radical (unpaired) electrons. The number of aryl methyl sites for hydroxylation is 2. The highest BCUT2D eigenvalue weighted by atomic mass is 32.1. The Morgan fingerprint density at radius 3 is 2.63 bits per heavy atom. The molecule has 1 heterocycles. The zero-order valence-electron chi connectivity index (χ0n) is 11.1. The molecule has 0 saturated heterocycles. The van der Waals surface area contributed by atoms with Gasteiger partial charge >= 0.3 is 0 Å². The Bertz CT molecular complexity index is 600. The van der Waals surface area contributed by atoms with Gasteiger partial charge in [-0.15, -0.1) is 11.3 Å². The molecule has 5 heteroatoms. The molecule has 3 N–H and O–H groups in total. The van der Waals surface area contributed by atoms with Crippen LogP contribution in [0.15, 0.2) is 24.3 Å². The van der Waals surface area contributed by atoms with Crippen molar-refractivity contribution < 1.29 is 9.53 Å². The second-order valence-electron chi connectivity index (χ2n) is 4.26. The van der Waals surface area contributed by atoms with E-state index >= 15 is 0 Å². The Kier molecular flexibility index (Phi) is 3.76. The molecule has 0 aliphatic rings. The van der Waals surface area contributed by atoms with Gasteiger partial charge in [0.2, 0.25) is 0 Å². The fraction of sp³-hybridized carbons (Fsp3) is 0.214. The van der Waals surface area contributed by atoms with Crippen molar-refractivity contribution in [2.24, 2.45) is 0 Å². The maximum Gasteiger partial charge on any atom is 0.265 e. The minimum absolute atomic E-state index is 0.152. The van der Waals surface area contributed by atoms with Crippen molar-refractivity contribution in [2.75, 3.05) is 18.2 Å². The molecule has 19 heavy (non-hydrogen) atoms. The number of methoxy groups -OCH3 is 1. The van der Waals surface area contributed by atoms with Crippen molar-refractivity contribution in [3.8, 4) is 5.75 Å². The smallest absolute Gasteiger partial charge is 0.265 e. The van der Waals surface area contributed by atoms with Gasteiger partial charge in [0.15, 0.2) is 0 Å². The molecular weight excluding hydrogens is 260 g/mol. The van der Waals surface area contributed by atoms with E-state index in [9.17, 15) is 4.79 Å². The van der Waals surface area contributed by atoms with E-state index in [0.717, 1.165) is 10.4 Å². The molecule has 2 rings (SSSR count). The van der Waals surface area contributed by atoms with Crippen LogP contribution in [0.25, 0.3) is 0 Å². The monoisotopic (exact) mass is 276 g/mol. The van der Waals surface area contributed by atoms with E-state index in [4.69, 9.17) is 10.5 Å². The molecule has 0 spiro atoms. The van der Waals surface area contributed by atoms with Crippen LogP contribution in [0.3, 0.4) is 0 Å². The summed E-state index contributed by atoms with van der Waals surface area (Å²) in [4.78, 5) is 14.0. The lowest BCUT2D eigenvalue weighted by atomic mass is 10.2. The number of amides is 1. The molecule has 0 fully saturated rings. The maximum atomic E-state index is 12.1. The molecule has 2 aromatic rings. The van der Waals surface area contributed by atoms with Crippen LogP contribution in [0, 0.1) is 13.8 Å². The van der Waals surface area contributed by atoms with Gasteiger partial charge in [-0.3, -0.25) is 4.79 Å². The summed E-state index contributed by atoms with van der Waals surface area (Å²) in [6.07, 6.45) is 0. The molecule has 4 nitrogen and oxygen atoms in total. The molecule has 0 aliphatic carbocycles. The third-order valence-corrected chi connectivity index (χ3v) is 4.05. The zero-order valence-corrected chi connectivity index (χ0v) is 11.9.